The van der Waals surface area contributed by atoms with Crippen LogP contribution < -0.4 is 79.5 Å². The van der Waals surface area contributed by atoms with Crippen molar-refractivity contribution in [3.63, 3.8) is 0 Å². The molecule has 1 aliphatic heterocycles. The zero-order valence-corrected chi connectivity index (χ0v) is 20.5. The molecule has 2 aromatic rings. The quantitative estimate of drug-likeness (QED) is 0.529. The van der Waals surface area contributed by atoms with Crippen LogP contribution in [0.25, 0.3) is 0 Å². The molecule has 0 amide bonds. The maximum Gasteiger partial charge on any atom is 1.00 e. The number of benzene rings is 1. The summed E-state index contributed by atoms with van der Waals surface area (Å²) in [5, 5.41) is 25.1. The van der Waals surface area contributed by atoms with Gasteiger partial charge in [-0.3, -0.25) is 0 Å². The molecule has 0 aliphatic carbocycles. The molecule has 0 atom stereocenters. The number of hydrogen-bond donors (Lipinski definition) is 1. The molecular weight excluding hydrogens is 366 g/mol. The third-order valence-electron chi connectivity index (χ3n) is 3.82. The van der Waals surface area contributed by atoms with Crippen LogP contribution in [-0.2, 0) is 0 Å². The van der Waals surface area contributed by atoms with Gasteiger partial charge in [0.25, 0.3) is 0 Å². The average molecular weight is 388 g/mol. The molecule has 27 heavy (non-hydrogen) atoms. The second-order valence-electron chi connectivity index (χ2n) is 5.42. The van der Waals surface area contributed by atoms with Gasteiger partial charge in [0.1, 0.15) is 0 Å². The predicted molar refractivity (Wildman–Crippen MR) is 92.9 cm³/mol. The van der Waals surface area contributed by atoms with E-state index in [1.807, 2.05) is 38.1 Å². The standard InChI is InChI=1S/C16H18N4O3.C2H6.2Na/c21-14-13(15(22)23)10-17-16(19-14)18-11-4-6-12(7-5-11)20-8-2-1-3-9-20;1-2;;/h4-7,10H,1-3,8-9H2,(H,22,23)(H2,17,18,19,21);1-2H3;;/q;;2*+1/p-2. The van der Waals surface area contributed by atoms with Gasteiger partial charge in [-0.25, -0.2) is 9.97 Å². The number of aromatic nitrogens is 2. The number of carbonyl (C=O) groups is 1. The monoisotopic (exact) mass is 388 g/mol. The van der Waals surface area contributed by atoms with E-state index in [9.17, 15) is 15.0 Å². The molecule has 9 heteroatoms. The fourth-order valence-electron chi connectivity index (χ4n) is 2.60. The molecule has 1 aromatic carbocycles. The zero-order chi connectivity index (χ0) is 18.2. The van der Waals surface area contributed by atoms with Crippen LogP contribution >= 0.6 is 0 Å². The Balaban J connectivity index is 0.00000164. The number of carboxylic acid groups (broad SMARTS) is 1. The molecule has 1 saturated heterocycles. The van der Waals surface area contributed by atoms with Gasteiger partial charge >= 0.3 is 59.1 Å². The minimum atomic E-state index is -1.58. The van der Waals surface area contributed by atoms with Crippen molar-refractivity contribution in [3.8, 4) is 5.88 Å². The van der Waals surface area contributed by atoms with Gasteiger partial charge in [-0.1, -0.05) is 13.8 Å². The number of carboxylic acids is 1. The first-order chi connectivity index (χ1) is 12.1. The third kappa shape index (κ3) is 7.60. The summed E-state index contributed by atoms with van der Waals surface area (Å²) in [6.07, 6.45) is 4.66. The Morgan fingerprint density at radius 2 is 1.67 bits per heavy atom. The van der Waals surface area contributed by atoms with E-state index in [-0.39, 0.29) is 65.1 Å². The second-order valence-corrected chi connectivity index (χ2v) is 5.42. The van der Waals surface area contributed by atoms with Crippen LogP contribution in [0.5, 0.6) is 5.88 Å². The van der Waals surface area contributed by atoms with E-state index in [0.717, 1.165) is 30.7 Å². The average Bonchev–Trinajstić information content (AvgIpc) is 2.64. The van der Waals surface area contributed by atoms with Gasteiger partial charge in [-0.15, -0.1) is 0 Å². The van der Waals surface area contributed by atoms with Gasteiger partial charge in [0.2, 0.25) is 5.95 Å². The van der Waals surface area contributed by atoms with Gasteiger partial charge in [0.05, 0.1) is 5.97 Å². The molecular formula is C18H22N4Na2O3. The zero-order valence-electron chi connectivity index (χ0n) is 16.5. The van der Waals surface area contributed by atoms with Crippen LogP contribution in [0.15, 0.2) is 30.5 Å². The van der Waals surface area contributed by atoms with E-state index in [1.54, 1.807) is 0 Å². The van der Waals surface area contributed by atoms with Gasteiger partial charge in [-0.2, -0.15) is 0 Å². The summed E-state index contributed by atoms with van der Waals surface area (Å²) < 4.78 is 0. The second kappa shape index (κ2) is 13.4. The van der Waals surface area contributed by atoms with Crippen molar-refractivity contribution in [2.24, 2.45) is 0 Å². The van der Waals surface area contributed by atoms with Crippen molar-refractivity contribution in [3.05, 3.63) is 36.0 Å². The maximum absolute atomic E-state index is 11.5. The van der Waals surface area contributed by atoms with Crippen LogP contribution in [0.3, 0.4) is 0 Å². The van der Waals surface area contributed by atoms with E-state index in [2.05, 4.69) is 20.2 Å². The number of nitrogens with zero attached hydrogens (tertiary/aromatic N) is 3. The Hall–Kier alpha value is -0.830. The molecule has 0 radical (unpaired) electrons. The molecule has 0 bridgehead atoms. The molecule has 2 heterocycles. The van der Waals surface area contributed by atoms with Crippen LogP contribution in [-0.4, -0.2) is 29.0 Å². The van der Waals surface area contributed by atoms with Crippen LogP contribution in [0, 0.1) is 0 Å². The molecule has 0 unspecified atom stereocenters. The molecule has 1 fully saturated rings. The van der Waals surface area contributed by atoms with Gasteiger partial charge in [-0.05, 0) is 43.5 Å². The van der Waals surface area contributed by atoms with Gasteiger partial charge in [0, 0.05) is 42.1 Å². The van der Waals surface area contributed by atoms with Crippen molar-refractivity contribution in [2.75, 3.05) is 23.3 Å². The summed E-state index contributed by atoms with van der Waals surface area (Å²) >= 11 is 0. The Morgan fingerprint density at radius 1 is 1.07 bits per heavy atom. The summed E-state index contributed by atoms with van der Waals surface area (Å²) in [5.41, 5.74) is 1.34. The van der Waals surface area contributed by atoms with E-state index in [0.29, 0.717) is 0 Å². The molecule has 0 spiro atoms. The van der Waals surface area contributed by atoms with E-state index < -0.39 is 17.4 Å². The maximum atomic E-state index is 11.5. The fourth-order valence-corrected chi connectivity index (χ4v) is 2.60. The van der Waals surface area contributed by atoms with E-state index in [1.165, 1.54) is 19.3 Å². The molecule has 1 aromatic heterocycles. The summed E-state index contributed by atoms with van der Waals surface area (Å²) in [7, 11) is 0. The molecule has 7 nitrogen and oxygen atoms in total. The Kier molecular flexibility index (Phi) is 13.0. The smallest absolute Gasteiger partial charge is 0.858 e. The normalized spacial score (nSPS) is 12.6. The first-order valence-corrected chi connectivity index (χ1v) is 8.51. The first kappa shape index (κ1) is 26.2. The molecule has 3 rings (SSSR count). The number of hydrogen-bond acceptors (Lipinski definition) is 7. The SMILES string of the molecule is CC.O=C([O-])c1cnc(Nc2ccc(N3CCCCC3)cc2)nc1[O-].[Na+].[Na+]. The van der Waals surface area contributed by atoms with Gasteiger partial charge in [0.15, 0.2) is 0 Å². The molecule has 134 valence electrons. The topological polar surface area (TPSA) is 104 Å². The minimum absolute atomic E-state index is 0. The number of aromatic carboxylic acids is 1. The van der Waals surface area contributed by atoms with Crippen molar-refractivity contribution in [1.29, 1.82) is 0 Å². The molecule has 1 aliphatic rings. The number of anilines is 3. The van der Waals surface area contributed by atoms with E-state index in [4.69, 9.17) is 0 Å². The third-order valence-corrected chi connectivity index (χ3v) is 3.82. The predicted octanol–water partition coefficient (Wildman–Crippen LogP) is -4.32. The summed E-state index contributed by atoms with van der Waals surface area (Å²) in [6.45, 7) is 6.14. The van der Waals surface area contributed by atoms with E-state index >= 15 is 0 Å². The molecule has 1 N–H and O–H groups in total. The Morgan fingerprint density at radius 3 is 2.19 bits per heavy atom. The minimum Gasteiger partial charge on any atom is -0.858 e. The number of nitrogens with one attached hydrogen (secondary N) is 1. The Bertz CT molecular complexity index is 708. The largest absolute Gasteiger partial charge is 1.00 e. The number of piperidine rings is 1. The van der Waals surface area contributed by atoms with Gasteiger partial charge < -0.3 is 25.2 Å². The van der Waals surface area contributed by atoms with Crippen molar-refractivity contribution >= 4 is 23.3 Å². The Labute approximate surface area is 204 Å². The first-order valence-electron chi connectivity index (χ1n) is 8.51. The van der Waals surface area contributed by atoms with Crippen LogP contribution in [0.2, 0.25) is 0 Å². The molecule has 0 saturated carbocycles. The van der Waals surface area contributed by atoms with Crippen molar-refractivity contribution < 1.29 is 74.1 Å². The summed E-state index contributed by atoms with van der Waals surface area (Å²) in [5.74, 6) is -2.38. The summed E-state index contributed by atoms with van der Waals surface area (Å²) in [6, 6.07) is 7.76. The number of rotatable bonds is 4. The van der Waals surface area contributed by atoms with Crippen molar-refractivity contribution in [2.45, 2.75) is 33.1 Å². The van der Waals surface area contributed by atoms with Crippen molar-refractivity contribution in [1.82, 2.24) is 9.97 Å². The summed E-state index contributed by atoms with van der Waals surface area (Å²) in [4.78, 5) is 20.4. The number of carbonyl (C=O) groups excluding carboxylic acids is 1. The van der Waals surface area contributed by atoms with Crippen LogP contribution in [0.4, 0.5) is 17.3 Å². The van der Waals surface area contributed by atoms with Crippen LogP contribution in [0.1, 0.15) is 43.5 Å². The fraction of sp³-hybridized carbons (Fsp3) is 0.389.